The molecule has 0 aromatic carbocycles. The molecule has 1 N–H and O–H groups in total. The Labute approximate surface area is 90.0 Å². The summed E-state index contributed by atoms with van der Waals surface area (Å²) in [5.41, 5.74) is 0. The molecule has 0 saturated carbocycles. The van der Waals surface area contributed by atoms with E-state index < -0.39 is 0 Å². The van der Waals surface area contributed by atoms with Crippen molar-refractivity contribution in [3.8, 4) is 5.88 Å². The molecule has 4 nitrogen and oxygen atoms in total. The van der Waals surface area contributed by atoms with Crippen molar-refractivity contribution in [1.29, 1.82) is 0 Å². The number of piperidine rings is 1. The van der Waals surface area contributed by atoms with Gasteiger partial charge in [-0.05, 0) is 37.0 Å². The predicted molar refractivity (Wildman–Crippen MR) is 57.1 cm³/mol. The van der Waals surface area contributed by atoms with Crippen LogP contribution in [0.4, 0.5) is 0 Å². The summed E-state index contributed by atoms with van der Waals surface area (Å²) < 4.78 is 10.3. The van der Waals surface area contributed by atoms with E-state index in [0.29, 0.717) is 17.7 Å². The van der Waals surface area contributed by atoms with Gasteiger partial charge in [0.2, 0.25) is 0 Å². The minimum absolute atomic E-state index is 0.434. The van der Waals surface area contributed by atoms with Gasteiger partial charge in [0.25, 0.3) is 5.88 Å². The maximum Gasteiger partial charge on any atom is 0.254 e. The zero-order valence-corrected chi connectivity index (χ0v) is 9.32. The molecule has 84 valence electrons. The van der Waals surface area contributed by atoms with Gasteiger partial charge >= 0.3 is 0 Å². The average Bonchev–Trinajstić information content (AvgIpc) is 2.78. The van der Waals surface area contributed by atoms with E-state index in [1.54, 1.807) is 7.11 Å². The highest BCUT2D eigenvalue weighted by Gasteiger charge is 2.24. The molecule has 4 heteroatoms. The normalized spacial score (nSPS) is 20.1. The summed E-state index contributed by atoms with van der Waals surface area (Å²) in [6.07, 6.45) is 2.42. The minimum atomic E-state index is 0.434. The van der Waals surface area contributed by atoms with Gasteiger partial charge in [-0.25, -0.2) is 0 Å². The van der Waals surface area contributed by atoms with Crippen LogP contribution in [0.3, 0.4) is 0 Å². The van der Waals surface area contributed by atoms with E-state index in [0.717, 1.165) is 18.8 Å². The minimum Gasteiger partial charge on any atom is -0.479 e. The van der Waals surface area contributed by atoms with Gasteiger partial charge in [-0.1, -0.05) is 6.92 Å². The number of nitrogens with zero attached hydrogens (tertiary/aromatic N) is 1. The number of hydrogen-bond acceptors (Lipinski definition) is 4. The SMILES string of the molecule is COc1cc(C(C)C2CCNCC2)on1. The van der Waals surface area contributed by atoms with Crippen LogP contribution in [0.5, 0.6) is 5.88 Å². The maximum atomic E-state index is 5.28. The van der Waals surface area contributed by atoms with Crippen LogP contribution in [0.15, 0.2) is 10.6 Å². The lowest BCUT2D eigenvalue weighted by molar-refractivity contribution is 0.269. The molecule has 0 aliphatic carbocycles. The van der Waals surface area contributed by atoms with Crippen molar-refractivity contribution in [3.05, 3.63) is 11.8 Å². The van der Waals surface area contributed by atoms with Gasteiger partial charge in [-0.3, -0.25) is 0 Å². The first-order valence-electron chi connectivity index (χ1n) is 5.52. The van der Waals surface area contributed by atoms with Crippen molar-refractivity contribution in [3.63, 3.8) is 0 Å². The predicted octanol–water partition coefficient (Wildman–Crippen LogP) is 1.79. The summed E-state index contributed by atoms with van der Waals surface area (Å²) in [4.78, 5) is 0. The number of nitrogens with one attached hydrogen (secondary N) is 1. The van der Waals surface area contributed by atoms with Crippen LogP contribution >= 0.6 is 0 Å². The molecule has 2 rings (SSSR count). The molecule has 0 amide bonds. The van der Waals surface area contributed by atoms with Crippen LogP contribution < -0.4 is 10.1 Å². The van der Waals surface area contributed by atoms with Gasteiger partial charge in [0.05, 0.1) is 7.11 Å². The third-order valence-electron chi connectivity index (χ3n) is 3.26. The van der Waals surface area contributed by atoms with Crippen LogP contribution in [0.2, 0.25) is 0 Å². The molecule has 0 spiro atoms. The molecular weight excluding hydrogens is 192 g/mol. The third kappa shape index (κ3) is 2.31. The van der Waals surface area contributed by atoms with Crippen LogP contribution in [0.1, 0.15) is 31.4 Å². The molecule has 1 aliphatic rings. The Morgan fingerprint density at radius 3 is 2.87 bits per heavy atom. The zero-order valence-electron chi connectivity index (χ0n) is 9.32. The summed E-state index contributed by atoms with van der Waals surface area (Å²) in [7, 11) is 1.61. The number of methoxy groups -OCH3 is 1. The first kappa shape index (κ1) is 10.5. The molecular formula is C11H18N2O2. The molecule has 15 heavy (non-hydrogen) atoms. The summed E-state index contributed by atoms with van der Waals surface area (Å²) >= 11 is 0. The Hall–Kier alpha value is -1.03. The molecule has 1 aromatic rings. The van der Waals surface area contributed by atoms with Gasteiger partial charge in [-0.2, -0.15) is 0 Å². The van der Waals surface area contributed by atoms with Crippen molar-refractivity contribution in [1.82, 2.24) is 10.5 Å². The molecule has 0 radical (unpaired) electrons. The molecule has 1 saturated heterocycles. The van der Waals surface area contributed by atoms with E-state index >= 15 is 0 Å². The molecule has 0 bridgehead atoms. The highest BCUT2D eigenvalue weighted by molar-refractivity contribution is 5.14. The van der Waals surface area contributed by atoms with Gasteiger partial charge < -0.3 is 14.6 Å². The van der Waals surface area contributed by atoms with Crippen molar-refractivity contribution in [2.24, 2.45) is 5.92 Å². The van der Waals surface area contributed by atoms with Crippen LogP contribution in [-0.2, 0) is 0 Å². The standard InChI is InChI=1S/C11H18N2O2/c1-8(9-3-5-12-6-4-9)10-7-11(14-2)13-15-10/h7-9,12H,3-6H2,1-2H3. The van der Waals surface area contributed by atoms with E-state index in [-0.39, 0.29) is 0 Å². The molecule has 2 heterocycles. The molecule has 1 unspecified atom stereocenters. The van der Waals surface area contributed by atoms with E-state index in [9.17, 15) is 0 Å². The summed E-state index contributed by atoms with van der Waals surface area (Å²) in [5, 5.41) is 7.20. The first-order valence-corrected chi connectivity index (χ1v) is 5.52. The fourth-order valence-electron chi connectivity index (χ4n) is 2.16. The fourth-order valence-corrected chi connectivity index (χ4v) is 2.16. The Bertz CT molecular complexity index is 305. The second kappa shape index (κ2) is 4.66. The third-order valence-corrected chi connectivity index (χ3v) is 3.26. The highest BCUT2D eigenvalue weighted by Crippen LogP contribution is 2.31. The van der Waals surface area contributed by atoms with E-state index in [1.165, 1.54) is 12.8 Å². The van der Waals surface area contributed by atoms with Gasteiger partial charge in [0.15, 0.2) is 0 Å². The monoisotopic (exact) mass is 210 g/mol. The topological polar surface area (TPSA) is 47.3 Å². The zero-order chi connectivity index (χ0) is 10.7. The fraction of sp³-hybridized carbons (Fsp3) is 0.727. The van der Waals surface area contributed by atoms with Gasteiger partial charge in [-0.15, -0.1) is 0 Å². The largest absolute Gasteiger partial charge is 0.479 e. The molecule has 1 atom stereocenters. The summed E-state index contributed by atoms with van der Waals surface area (Å²) in [6, 6.07) is 1.90. The Balaban J connectivity index is 2.02. The van der Waals surface area contributed by atoms with Crippen LogP contribution in [-0.4, -0.2) is 25.4 Å². The molecule has 1 fully saturated rings. The van der Waals surface area contributed by atoms with Crippen LogP contribution in [0.25, 0.3) is 0 Å². The summed E-state index contributed by atoms with van der Waals surface area (Å²) in [5.74, 6) is 2.65. The summed E-state index contributed by atoms with van der Waals surface area (Å²) in [6.45, 7) is 4.43. The van der Waals surface area contributed by atoms with Crippen LogP contribution in [0, 0.1) is 5.92 Å². The smallest absolute Gasteiger partial charge is 0.254 e. The number of hydrogen-bond donors (Lipinski definition) is 1. The van der Waals surface area contributed by atoms with E-state index in [2.05, 4.69) is 17.4 Å². The first-order chi connectivity index (χ1) is 7.31. The second-order valence-electron chi connectivity index (χ2n) is 4.15. The number of rotatable bonds is 3. The maximum absolute atomic E-state index is 5.28. The molecule has 1 aliphatic heterocycles. The second-order valence-corrected chi connectivity index (χ2v) is 4.15. The Morgan fingerprint density at radius 2 is 2.27 bits per heavy atom. The van der Waals surface area contributed by atoms with Crippen molar-refractivity contribution < 1.29 is 9.26 Å². The van der Waals surface area contributed by atoms with Gasteiger partial charge in [0, 0.05) is 12.0 Å². The van der Waals surface area contributed by atoms with E-state index in [1.807, 2.05) is 6.07 Å². The van der Waals surface area contributed by atoms with E-state index in [4.69, 9.17) is 9.26 Å². The van der Waals surface area contributed by atoms with Crippen molar-refractivity contribution >= 4 is 0 Å². The lowest BCUT2D eigenvalue weighted by atomic mass is 9.85. The number of ether oxygens (including phenoxy) is 1. The Morgan fingerprint density at radius 1 is 1.53 bits per heavy atom. The van der Waals surface area contributed by atoms with Gasteiger partial charge in [0.1, 0.15) is 5.76 Å². The van der Waals surface area contributed by atoms with Crippen molar-refractivity contribution in [2.75, 3.05) is 20.2 Å². The Kier molecular flexibility index (Phi) is 3.26. The lowest BCUT2D eigenvalue weighted by Crippen LogP contribution is -2.30. The molecule has 1 aromatic heterocycles. The van der Waals surface area contributed by atoms with Crippen molar-refractivity contribution in [2.45, 2.75) is 25.7 Å². The quantitative estimate of drug-likeness (QED) is 0.826. The highest BCUT2D eigenvalue weighted by atomic mass is 16.5. The lowest BCUT2D eigenvalue weighted by Gasteiger charge is -2.26. The average molecular weight is 210 g/mol. The number of aromatic nitrogens is 1.